The Kier molecular flexibility index (Phi) is 6.44. The molecule has 2 aromatic rings. The van der Waals surface area contributed by atoms with Crippen molar-refractivity contribution in [2.24, 2.45) is 0 Å². The van der Waals surface area contributed by atoms with Gasteiger partial charge in [-0.15, -0.1) is 0 Å². The van der Waals surface area contributed by atoms with E-state index in [0.717, 1.165) is 5.56 Å². The lowest BCUT2D eigenvalue weighted by atomic mass is 10.0. The molecular weight excluding hydrogens is 312 g/mol. The van der Waals surface area contributed by atoms with Crippen molar-refractivity contribution in [3.8, 4) is 0 Å². The molecular formula is C19H21F2NO2. The van der Waals surface area contributed by atoms with E-state index >= 15 is 0 Å². The maximum absolute atomic E-state index is 13.9. The second-order valence-corrected chi connectivity index (χ2v) is 5.76. The molecule has 3 nitrogen and oxygen atoms in total. The van der Waals surface area contributed by atoms with Gasteiger partial charge < -0.3 is 10.4 Å². The minimum absolute atomic E-state index is 0.225. The van der Waals surface area contributed by atoms with Gasteiger partial charge in [0.15, 0.2) is 0 Å². The molecule has 0 aliphatic heterocycles. The van der Waals surface area contributed by atoms with Crippen molar-refractivity contribution in [2.45, 2.75) is 37.7 Å². The number of aryl methyl sites for hydroxylation is 1. The standard InChI is InChI=1S/C19H21F2NO2/c20-19(21,18(24)22-16-11-5-2-6-12-16)14-17(23)13-7-10-15-8-3-1-4-9-15/h1-6,8-9,11-12,17,23H,7,10,13-14H2,(H,22,24). The van der Waals surface area contributed by atoms with Crippen molar-refractivity contribution in [1.29, 1.82) is 0 Å². The number of hydrogen-bond donors (Lipinski definition) is 2. The number of nitrogens with one attached hydrogen (secondary N) is 1. The van der Waals surface area contributed by atoms with Crippen LogP contribution in [-0.4, -0.2) is 23.0 Å². The van der Waals surface area contributed by atoms with Gasteiger partial charge in [0.25, 0.3) is 5.91 Å². The van der Waals surface area contributed by atoms with Crippen molar-refractivity contribution in [3.63, 3.8) is 0 Å². The van der Waals surface area contributed by atoms with Crippen LogP contribution >= 0.6 is 0 Å². The summed E-state index contributed by atoms with van der Waals surface area (Å²) in [6.45, 7) is 0. The Morgan fingerprint density at radius 3 is 2.25 bits per heavy atom. The van der Waals surface area contributed by atoms with Gasteiger partial charge in [-0.1, -0.05) is 48.5 Å². The number of amides is 1. The molecule has 1 amide bonds. The van der Waals surface area contributed by atoms with Crippen LogP contribution in [0.5, 0.6) is 0 Å². The molecule has 0 aromatic heterocycles. The molecule has 0 bridgehead atoms. The zero-order valence-electron chi connectivity index (χ0n) is 13.3. The Morgan fingerprint density at radius 2 is 1.62 bits per heavy atom. The van der Waals surface area contributed by atoms with Gasteiger partial charge in [0.05, 0.1) is 6.10 Å². The fourth-order valence-electron chi connectivity index (χ4n) is 2.42. The van der Waals surface area contributed by atoms with Gasteiger partial charge in [0.1, 0.15) is 0 Å². The summed E-state index contributed by atoms with van der Waals surface area (Å²) in [5, 5.41) is 12.0. The number of alkyl halides is 2. The molecule has 5 heteroatoms. The number of hydrogen-bond acceptors (Lipinski definition) is 2. The maximum atomic E-state index is 13.9. The molecule has 0 radical (unpaired) electrons. The molecule has 0 heterocycles. The smallest absolute Gasteiger partial charge is 0.327 e. The molecule has 0 saturated carbocycles. The molecule has 128 valence electrons. The number of carbonyl (C=O) groups is 1. The van der Waals surface area contributed by atoms with Crippen molar-refractivity contribution >= 4 is 11.6 Å². The number of benzene rings is 2. The second-order valence-electron chi connectivity index (χ2n) is 5.76. The van der Waals surface area contributed by atoms with E-state index in [-0.39, 0.29) is 6.42 Å². The molecule has 1 atom stereocenters. The van der Waals surface area contributed by atoms with Crippen LogP contribution in [0.3, 0.4) is 0 Å². The topological polar surface area (TPSA) is 49.3 Å². The molecule has 2 rings (SSSR count). The predicted octanol–water partition coefficient (Wildman–Crippen LogP) is 4.03. The first kappa shape index (κ1) is 18.1. The summed E-state index contributed by atoms with van der Waals surface area (Å²) in [5.41, 5.74) is 1.40. The minimum atomic E-state index is -3.61. The lowest BCUT2D eigenvalue weighted by Gasteiger charge is -2.19. The van der Waals surface area contributed by atoms with E-state index < -0.39 is 24.4 Å². The number of halogens is 2. The highest BCUT2D eigenvalue weighted by molar-refractivity contribution is 5.96. The summed E-state index contributed by atoms with van der Waals surface area (Å²) in [7, 11) is 0. The Bertz CT molecular complexity index is 632. The van der Waals surface area contributed by atoms with Crippen molar-refractivity contribution in [1.82, 2.24) is 0 Å². The first-order chi connectivity index (χ1) is 11.5. The number of aliphatic hydroxyl groups is 1. The zero-order chi connectivity index (χ0) is 17.4. The summed E-state index contributed by atoms with van der Waals surface area (Å²) in [6, 6.07) is 17.7. The van der Waals surface area contributed by atoms with Gasteiger partial charge in [0.2, 0.25) is 0 Å². The molecule has 0 saturated heterocycles. The number of aliphatic hydroxyl groups excluding tert-OH is 1. The Balaban J connectivity index is 1.78. The first-order valence-corrected chi connectivity index (χ1v) is 7.94. The fourth-order valence-corrected chi connectivity index (χ4v) is 2.42. The lowest BCUT2D eigenvalue weighted by Crippen LogP contribution is -2.37. The zero-order valence-corrected chi connectivity index (χ0v) is 13.3. The largest absolute Gasteiger partial charge is 0.393 e. The van der Waals surface area contributed by atoms with E-state index in [1.54, 1.807) is 18.2 Å². The summed E-state index contributed by atoms with van der Waals surface area (Å²) in [5.74, 6) is -5.00. The van der Waals surface area contributed by atoms with Crippen LogP contribution < -0.4 is 5.32 Å². The highest BCUT2D eigenvalue weighted by Crippen LogP contribution is 2.24. The van der Waals surface area contributed by atoms with E-state index in [1.807, 2.05) is 30.3 Å². The van der Waals surface area contributed by atoms with Crippen molar-refractivity contribution < 1.29 is 18.7 Å². The average molecular weight is 333 g/mol. The van der Waals surface area contributed by atoms with Gasteiger partial charge in [-0.2, -0.15) is 8.78 Å². The van der Waals surface area contributed by atoms with Gasteiger partial charge in [0, 0.05) is 12.1 Å². The van der Waals surface area contributed by atoms with Crippen LogP contribution in [0.15, 0.2) is 60.7 Å². The van der Waals surface area contributed by atoms with Crippen LogP contribution in [0.25, 0.3) is 0 Å². The second kappa shape index (κ2) is 8.55. The number of rotatable bonds is 8. The van der Waals surface area contributed by atoms with Gasteiger partial charge in [-0.25, -0.2) is 0 Å². The monoisotopic (exact) mass is 333 g/mol. The molecule has 2 aromatic carbocycles. The minimum Gasteiger partial charge on any atom is -0.393 e. The summed E-state index contributed by atoms with van der Waals surface area (Å²) < 4.78 is 27.9. The highest BCUT2D eigenvalue weighted by atomic mass is 19.3. The predicted molar refractivity (Wildman–Crippen MR) is 90.0 cm³/mol. The Labute approximate surface area is 140 Å². The SMILES string of the molecule is O=C(Nc1ccccc1)C(F)(F)CC(O)CCCc1ccccc1. The van der Waals surface area contributed by atoms with E-state index in [0.29, 0.717) is 18.5 Å². The Hall–Kier alpha value is -2.27. The van der Waals surface area contributed by atoms with Gasteiger partial charge >= 0.3 is 5.92 Å². The van der Waals surface area contributed by atoms with Crippen molar-refractivity contribution in [2.75, 3.05) is 5.32 Å². The van der Waals surface area contributed by atoms with E-state index in [4.69, 9.17) is 0 Å². The summed E-state index contributed by atoms with van der Waals surface area (Å²) in [4.78, 5) is 11.7. The Morgan fingerprint density at radius 1 is 1.04 bits per heavy atom. The molecule has 24 heavy (non-hydrogen) atoms. The maximum Gasteiger partial charge on any atom is 0.327 e. The van der Waals surface area contributed by atoms with Crippen LogP contribution in [0.4, 0.5) is 14.5 Å². The number of anilines is 1. The summed E-state index contributed by atoms with van der Waals surface area (Å²) >= 11 is 0. The molecule has 1 unspecified atom stereocenters. The van der Waals surface area contributed by atoms with Crippen molar-refractivity contribution in [3.05, 3.63) is 66.2 Å². The lowest BCUT2D eigenvalue weighted by molar-refractivity contribution is -0.144. The molecule has 0 aliphatic rings. The first-order valence-electron chi connectivity index (χ1n) is 7.94. The van der Waals surface area contributed by atoms with Gasteiger partial charge in [-0.05, 0) is 37.0 Å². The van der Waals surface area contributed by atoms with E-state index in [2.05, 4.69) is 5.32 Å². The number of carbonyl (C=O) groups excluding carboxylic acids is 1. The average Bonchev–Trinajstić information content (AvgIpc) is 2.56. The third kappa shape index (κ3) is 5.74. The normalized spacial score (nSPS) is 12.6. The number of para-hydroxylation sites is 1. The van der Waals surface area contributed by atoms with Crippen LogP contribution in [-0.2, 0) is 11.2 Å². The molecule has 0 spiro atoms. The van der Waals surface area contributed by atoms with E-state index in [1.165, 1.54) is 12.1 Å². The molecule has 2 N–H and O–H groups in total. The summed E-state index contributed by atoms with van der Waals surface area (Å²) in [6.07, 6.45) is -0.574. The van der Waals surface area contributed by atoms with Crippen LogP contribution in [0, 0.1) is 0 Å². The van der Waals surface area contributed by atoms with Gasteiger partial charge in [-0.3, -0.25) is 4.79 Å². The van der Waals surface area contributed by atoms with Crippen LogP contribution in [0.2, 0.25) is 0 Å². The third-order valence-corrected chi connectivity index (χ3v) is 3.70. The van der Waals surface area contributed by atoms with Crippen LogP contribution in [0.1, 0.15) is 24.8 Å². The molecule has 0 aliphatic carbocycles. The fraction of sp³-hybridized carbons (Fsp3) is 0.316. The third-order valence-electron chi connectivity index (χ3n) is 3.70. The van der Waals surface area contributed by atoms with E-state index in [9.17, 15) is 18.7 Å². The quantitative estimate of drug-likeness (QED) is 0.766. The highest BCUT2D eigenvalue weighted by Gasteiger charge is 2.40. The molecule has 0 fully saturated rings.